The normalized spacial score (nSPS) is 16.7. The van der Waals surface area contributed by atoms with Gasteiger partial charge in [-0.3, -0.25) is 4.79 Å². The van der Waals surface area contributed by atoms with E-state index in [0.29, 0.717) is 0 Å². The molecule has 2 rings (SSSR count). The van der Waals surface area contributed by atoms with Crippen molar-refractivity contribution in [2.45, 2.75) is 32.2 Å². The minimum Gasteiger partial charge on any atom is -0.338 e. The Bertz CT molecular complexity index is 372. The molecular weight excluding hydrogens is 256 g/mol. The minimum absolute atomic E-state index is 0. The fraction of sp³-hybridized carbons (Fsp3) is 0.583. The summed E-state index contributed by atoms with van der Waals surface area (Å²) in [5.41, 5.74) is 7.01. The smallest absolute Gasteiger partial charge is 0.264 e. The summed E-state index contributed by atoms with van der Waals surface area (Å²) in [6.45, 7) is 3.70. The van der Waals surface area contributed by atoms with Crippen LogP contribution in [0, 0.1) is 0 Å². The lowest BCUT2D eigenvalue weighted by Gasteiger charge is -2.30. The van der Waals surface area contributed by atoms with E-state index >= 15 is 0 Å². The number of halogens is 1. The molecule has 1 fully saturated rings. The van der Waals surface area contributed by atoms with Gasteiger partial charge in [0, 0.05) is 19.1 Å². The van der Waals surface area contributed by atoms with Gasteiger partial charge in [0.25, 0.3) is 5.91 Å². The first-order valence-corrected chi connectivity index (χ1v) is 6.71. The molecule has 1 saturated heterocycles. The topological polar surface area (TPSA) is 46.3 Å². The Balaban J connectivity index is 0.00000144. The summed E-state index contributed by atoms with van der Waals surface area (Å²) >= 11 is 1.55. The molecule has 5 heteroatoms. The van der Waals surface area contributed by atoms with Gasteiger partial charge in [-0.25, -0.2) is 0 Å². The molecule has 1 amide bonds. The highest BCUT2D eigenvalue weighted by molar-refractivity contribution is 7.12. The van der Waals surface area contributed by atoms with Gasteiger partial charge in [-0.1, -0.05) is 6.92 Å². The number of piperidine rings is 1. The number of hydrogen-bond donors (Lipinski definition) is 1. The molecule has 96 valence electrons. The Morgan fingerprint density at radius 3 is 2.76 bits per heavy atom. The molecule has 0 aromatic carbocycles. The maximum absolute atomic E-state index is 12.2. The van der Waals surface area contributed by atoms with Gasteiger partial charge in [-0.05, 0) is 36.3 Å². The molecule has 0 saturated carbocycles. The second-order valence-corrected chi connectivity index (χ2v) is 5.17. The lowest BCUT2D eigenvalue weighted by Crippen LogP contribution is -2.42. The van der Waals surface area contributed by atoms with Crippen molar-refractivity contribution in [2.24, 2.45) is 5.73 Å². The lowest BCUT2D eigenvalue weighted by atomic mass is 10.1. The van der Waals surface area contributed by atoms with Crippen molar-refractivity contribution in [2.75, 3.05) is 13.1 Å². The SMILES string of the molecule is CCc1ccsc1C(=O)N1CCC(N)CC1.Cl. The molecule has 1 aromatic heterocycles. The Morgan fingerprint density at radius 1 is 1.53 bits per heavy atom. The zero-order chi connectivity index (χ0) is 11.5. The molecule has 0 bridgehead atoms. The number of carbonyl (C=O) groups excluding carboxylic acids is 1. The molecular formula is C12H19ClN2OS. The molecule has 3 nitrogen and oxygen atoms in total. The summed E-state index contributed by atoms with van der Waals surface area (Å²) in [6, 6.07) is 2.33. The second-order valence-electron chi connectivity index (χ2n) is 4.26. The van der Waals surface area contributed by atoms with Crippen LogP contribution in [0.5, 0.6) is 0 Å². The summed E-state index contributed by atoms with van der Waals surface area (Å²) in [4.78, 5) is 15.1. The Hall–Kier alpha value is -0.580. The number of nitrogens with zero attached hydrogens (tertiary/aromatic N) is 1. The van der Waals surface area contributed by atoms with Crippen molar-refractivity contribution in [1.82, 2.24) is 4.90 Å². The molecule has 17 heavy (non-hydrogen) atoms. The van der Waals surface area contributed by atoms with Crippen molar-refractivity contribution in [3.63, 3.8) is 0 Å². The molecule has 0 radical (unpaired) electrons. The molecule has 2 N–H and O–H groups in total. The van der Waals surface area contributed by atoms with Crippen LogP contribution in [-0.4, -0.2) is 29.9 Å². The molecule has 0 aliphatic carbocycles. The van der Waals surface area contributed by atoms with Crippen molar-refractivity contribution in [3.05, 3.63) is 21.9 Å². The van der Waals surface area contributed by atoms with Crippen LogP contribution in [0.4, 0.5) is 0 Å². The standard InChI is InChI=1S/C12H18N2OS.ClH/c1-2-9-5-8-16-11(9)12(15)14-6-3-10(13)4-7-14;/h5,8,10H,2-4,6-7,13H2,1H3;1H. The van der Waals surface area contributed by atoms with E-state index in [1.165, 1.54) is 5.56 Å². The number of thiophene rings is 1. The summed E-state index contributed by atoms with van der Waals surface area (Å²) < 4.78 is 0. The number of likely N-dealkylation sites (tertiary alicyclic amines) is 1. The number of hydrogen-bond acceptors (Lipinski definition) is 3. The van der Waals surface area contributed by atoms with Crippen LogP contribution in [-0.2, 0) is 6.42 Å². The zero-order valence-corrected chi connectivity index (χ0v) is 11.6. The first-order valence-electron chi connectivity index (χ1n) is 5.83. The monoisotopic (exact) mass is 274 g/mol. The quantitative estimate of drug-likeness (QED) is 0.899. The van der Waals surface area contributed by atoms with Gasteiger partial charge in [0.1, 0.15) is 0 Å². The number of rotatable bonds is 2. The molecule has 2 heterocycles. The van der Waals surface area contributed by atoms with E-state index in [2.05, 4.69) is 6.92 Å². The van der Waals surface area contributed by atoms with E-state index in [-0.39, 0.29) is 24.4 Å². The van der Waals surface area contributed by atoms with E-state index in [1.807, 2.05) is 16.3 Å². The third kappa shape index (κ3) is 3.21. The van der Waals surface area contributed by atoms with Gasteiger partial charge in [0.05, 0.1) is 4.88 Å². The van der Waals surface area contributed by atoms with Crippen LogP contribution in [0.15, 0.2) is 11.4 Å². The van der Waals surface area contributed by atoms with Crippen LogP contribution < -0.4 is 5.73 Å². The third-order valence-corrected chi connectivity index (χ3v) is 4.09. The summed E-state index contributed by atoms with van der Waals surface area (Å²) in [5.74, 6) is 0.193. The van der Waals surface area contributed by atoms with Crippen LogP contribution in [0.3, 0.4) is 0 Å². The predicted octanol–water partition coefficient (Wildman–Crippen LogP) is 2.30. The maximum atomic E-state index is 12.2. The first kappa shape index (κ1) is 14.5. The highest BCUT2D eigenvalue weighted by atomic mass is 35.5. The number of carbonyl (C=O) groups is 1. The first-order chi connectivity index (χ1) is 7.72. The Labute approximate surface area is 112 Å². The van der Waals surface area contributed by atoms with Crippen LogP contribution in [0.1, 0.15) is 35.0 Å². The van der Waals surface area contributed by atoms with Crippen molar-refractivity contribution < 1.29 is 4.79 Å². The maximum Gasteiger partial charge on any atom is 0.264 e. The third-order valence-electron chi connectivity index (χ3n) is 3.15. The molecule has 1 aliphatic heterocycles. The largest absolute Gasteiger partial charge is 0.338 e. The van der Waals surface area contributed by atoms with Gasteiger partial charge in [0.15, 0.2) is 0 Å². The van der Waals surface area contributed by atoms with Crippen molar-refractivity contribution >= 4 is 29.7 Å². The molecule has 0 spiro atoms. The average Bonchev–Trinajstić information content (AvgIpc) is 2.77. The Kier molecular flexibility index (Phi) is 5.43. The molecule has 0 unspecified atom stereocenters. The Morgan fingerprint density at radius 2 is 2.18 bits per heavy atom. The average molecular weight is 275 g/mol. The summed E-state index contributed by atoms with van der Waals surface area (Å²) in [5, 5.41) is 2.00. The lowest BCUT2D eigenvalue weighted by molar-refractivity contribution is 0.0718. The highest BCUT2D eigenvalue weighted by Gasteiger charge is 2.23. The van der Waals surface area contributed by atoms with E-state index in [1.54, 1.807) is 11.3 Å². The number of nitrogens with two attached hydrogens (primary N) is 1. The fourth-order valence-electron chi connectivity index (χ4n) is 2.05. The van der Waals surface area contributed by atoms with E-state index < -0.39 is 0 Å². The van der Waals surface area contributed by atoms with E-state index in [9.17, 15) is 4.79 Å². The molecule has 0 atom stereocenters. The van der Waals surface area contributed by atoms with Gasteiger partial charge in [0.2, 0.25) is 0 Å². The molecule has 1 aromatic rings. The van der Waals surface area contributed by atoms with Gasteiger partial charge in [-0.2, -0.15) is 0 Å². The van der Waals surface area contributed by atoms with E-state index in [0.717, 1.165) is 37.2 Å². The van der Waals surface area contributed by atoms with Crippen LogP contribution in [0.25, 0.3) is 0 Å². The summed E-state index contributed by atoms with van der Waals surface area (Å²) in [6.07, 6.45) is 2.79. The van der Waals surface area contributed by atoms with Crippen molar-refractivity contribution in [1.29, 1.82) is 0 Å². The van der Waals surface area contributed by atoms with E-state index in [4.69, 9.17) is 5.73 Å². The second kappa shape index (κ2) is 6.38. The van der Waals surface area contributed by atoms with Crippen molar-refractivity contribution in [3.8, 4) is 0 Å². The van der Waals surface area contributed by atoms with Crippen LogP contribution in [0.2, 0.25) is 0 Å². The van der Waals surface area contributed by atoms with Crippen LogP contribution >= 0.6 is 23.7 Å². The zero-order valence-electron chi connectivity index (χ0n) is 10.0. The highest BCUT2D eigenvalue weighted by Crippen LogP contribution is 2.21. The number of amides is 1. The van der Waals surface area contributed by atoms with Gasteiger partial charge in [-0.15, -0.1) is 23.7 Å². The predicted molar refractivity (Wildman–Crippen MR) is 74.1 cm³/mol. The molecule has 1 aliphatic rings. The summed E-state index contributed by atoms with van der Waals surface area (Å²) in [7, 11) is 0. The van der Waals surface area contributed by atoms with Gasteiger partial charge >= 0.3 is 0 Å². The number of aryl methyl sites for hydroxylation is 1. The van der Waals surface area contributed by atoms with Gasteiger partial charge < -0.3 is 10.6 Å². The minimum atomic E-state index is 0. The fourth-order valence-corrected chi connectivity index (χ4v) is 3.01.